The Bertz CT molecular complexity index is 667. The summed E-state index contributed by atoms with van der Waals surface area (Å²) in [7, 11) is 1.77. The predicted octanol–water partition coefficient (Wildman–Crippen LogP) is 2.90. The molecular formula is C13H14Cl2N4O. The summed E-state index contributed by atoms with van der Waals surface area (Å²) < 4.78 is 7.24. The molecule has 2 rings (SSSR count). The van der Waals surface area contributed by atoms with Crippen LogP contribution < -0.4 is 10.5 Å². The maximum atomic E-state index is 7.35. The van der Waals surface area contributed by atoms with E-state index < -0.39 is 0 Å². The largest absolute Gasteiger partial charge is 0.487 e. The summed E-state index contributed by atoms with van der Waals surface area (Å²) in [5, 5.41) is 12.5. The van der Waals surface area contributed by atoms with Crippen molar-refractivity contribution in [1.82, 2.24) is 9.78 Å². The molecule has 20 heavy (non-hydrogen) atoms. The number of ether oxygens (including phenoxy) is 1. The molecule has 0 bridgehead atoms. The Morgan fingerprint density at radius 2 is 2.15 bits per heavy atom. The van der Waals surface area contributed by atoms with Gasteiger partial charge in [-0.1, -0.05) is 23.2 Å². The zero-order chi connectivity index (χ0) is 14.9. The van der Waals surface area contributed by atoms with E-state index in [1.807, 2.05) is 6.92 Å². The summed E-state index contributed by atoms with van der Waals surface area (Å²) in [6.07, 6.45) is 0. The van der Waals surface area contributed by atoms with Gasteiger partial charge in [0.2, 0.25) is 0 Å². The molecule has 5 nitrogen and oxygen atoms in total. The summed E-state index contributed by atoms with van der Waals surface area (Å²) in [6, 6.07) is 4.96. The Morgan fingerprint density at radius 3 is 2.65 bits per heavy atom. The highest BCUT2D eigenvalue weighted by Crippen LogP contribution is 2.27. The van der Waals surface area contributed by atoms with Crippen molar-refractivity contribution in [2.75, 3.05) is 0 Å². The number of benzene rings is 1. The molecule has 106 valence electrons. The lowest BCUT2D eigenvalue weighted by Crippen LogP contribution is -2.10. The van der Waals surface area contributed by atoms with E-state index in [-0.39, 0.29) is 12.4 Å². The quantitative estimate of drug-likeness (QED) is 0.673. The Kier molecular flexibility index (Phi) is 4.20. The fourth-order valence-electron chi connectivity index (χ4n) is 1.77. The number of nitrogens with two attached hydrogens (primary N) is 1. The third-order valence-corrected chi connectivity index (χ3v) is 3.65. The number of hydrogen-bond acceptors (Lipinski definition) is 3. The summed E-state index contributed by atoms with van der Waals surface area (Å²) in [5.74, 6) is 0.473. The number of hydrogen-bond donors (Lipinski definition) is 2. The van der Waals surface area contributed by atoms with Crippen LogP contribution in [0.4, 0.5) is 0 Å². The molecule has 0 saturated carbocycles. The van der Waals surface area contributed by atoms with Crippen molar-refractivity contribution < 1.29 is 4.74 Å². The number of nitrogen functional groups attached to an aromatic ring is 1. The van der Waals surface area contributed by atoms with Crippen molar-refractivity contribution in [3.8, 4) is 5.75 Å². The van der Waals surface area contributed by atoms with Crippen LogP contribution in [0.1, 0.15) is 16.8 Å². The molecule has 0 fully saturated rings. The van der Waals surface area contributed by atoms with Gasteiger partial charge in [0, 0.05) is 18.2 Å². The summed E-state index contributed by atoms with van der Waals surface area (Å²) in [6.45, 7) is 2.14. The molecule has 1 heterocycles. The average Bonchev–Trinajstić information content (AvgIpc) is 2.62. The van der Waals surface area contributed by atoms with Gasteiger partial charge in [0.15, 0.2) is 0 Å². The van der Waals surface area contributed by atoms with Gasteiger partial charge in [-0.15, -0.1) is 0 Å². The van der Waals surface area contributed by atoms with Gasteiger partial charge in [0.25, 0.3) is 0 Å². The van der Waals surface area contributed by atoms with Gasteiger partial charge in [0.05, 0.1) is 10.7 Å². The number of halogens is 2. The first kappa shape index (κ1) is 14.7. The van der Waals surface area contributed by atoms with Gasteiger partial charge in [0.1, 0.15) is 23.3 Å². The Balaban J connectivity index is 2.17. The maximum absolute atomic E-state index is 7.35. The number of aromatic nitrogens is 2. The van der Waals surface area contributed by atoms with Crippen LogP contribution in [0.2, 0.25) is 10.2 Å². The lowest BCUT2D eigenvalue weighted by Gasteiger charge is -2.09. The van der Waals surface area contributed by atoms with Gasteiger partial charge in [-0.2, -0.15) is 5.10 Å². The van der Waals surface area contributed by atoms with E-state index in [1.165, 1.54) is 0 Å². The van der Waals surface area contributed by atoms with Gasteiger partial charge >= 0.3 is 0 Å². The molecule has 1 aromatic carbocycles. The minimum Gasteiger partial charge on any atom is -0.487 e. The number of amidine groups is 1. The number of aryl methyl sites for hydroxylation is 2. The van der Waals surface area contributed by atoms with E-state index in [0.29, 0.717) is 21.5 Å². The standard InChI is InChI=1S/C13H14Cl2N4O/c1-7-9(12(15)19(2)18-7)6-20-11-4-3-8(13(16)17)5-10(11)14/h3-5H,6H2,1-2H3,(H3,16,17). The van der Waals surface area contributed by atoms with Crippen LogP contribution in [0.3, 0.4) is 0 Å². The normalized spacial score (nSPS) is 10.6. The molecule has 0 amide bonds. The van der Waals surface area contributed by atoms with Crippen LogP contribution >= 0.6 is 23.2 Å². The van der Waals surface area contributed by atoms with Crippen molar-refractivity contribution in [3.05, 3.63) is 45.2 Å². The van der Waals surface area contributed by atoms with Crippen LogP contribution in [-0.2, 0) is 13.7 Å². The molecule has 2 aromatic rings. The number of nitrogens with zero attached hydrogens (tertiary/aromatic N) is 2. The molecule has 0 spiro atoms. The topological polar surface area (TPSA) is 76.9 Å². The summed E-state index contributed by atoms with van der Waals surface area (Å²) >= 11 is 12.2. The molecule has 1 aromatic heterocycles. The van der Waals surface area contributed by atoms with Crippen molar-refractivity contribution >= 4 is 29.0 Å². The van der Waals surface area contributed by atoms with Crippen molar-refractivity contribution in [2.45, 2.75) is 13.5 Å². The molecule has 0 unspecified atom stereocenters. The van der Waals surface area contributed by atoms with E-state index in [0.717, 1.165) is 11.3 Å². The molecule has 3 N–H and O–H groups in total. The number of rotatable bonds is 4. The SMILES string of the molecule is Cc1nn(C)c(Cl)c1COc1ccc(C(=N)N)cc1Cl. The Labute approximate surface area is 126 Å². The van der Waals surface area contributed by atoms with Crippen LogP contribution in [0.5, 0.6) is 5.75 Å². The molecule has 0 aliphatic rings. The van der Waals surface area contributed by atoms with Gasteiger partial charge in [-0.05, 0) is 25.1 Å². The van der Waals surface area contributed by atoms with Crippen molar-refractivity contribution in [1.29, 1.82) is 5.41 Å². The highest BCUT2D eigenvalue weighted by molar-refractivity contribution is 6.32. The fourth-order valence-corrected chi connectivity index (χ4v) is 2.24. The second kappa shape index (κ2) is 5.73. The summed E-state index contributed by atoms with van der Waals surface area (Å²) in [5.41, 5.74) is 7.58. The molecule has 7 heteroatoms. The summed E-state index contributed by atoms with van der Waals surface area (Å²) in [4.78, 5) is 0. The third-order valence-electron chi connectivity index (χ3n) is 2.88. The zero-order valence-corrected chi connectivity index (χ0v) is 12.6. The lowest BCUT2D eigenvalue weighted by molar-refractivity contribution is 0.305. The van der Waals surface area contributed by atoms with E-state index in [1.54, 1.807) is 29.9 Å². The van der Waals surface area contributed by atoms with Crippen LogP contribution in [-0.4, -0.2) is 15.6 Å². The minimum atomic E-state index is -0.0374. The Hall–Kier alpha value is -1.72. The first-order chi connectivity index (χ1) is 9.40. The highest BCUT2D eigenvalue weighted by atomic mass is 35.5. The third kappa shape index (κ3) is 2.89. The molecule has 0 atom stereocenters. The smallest absolute Gasteiger partial charge is 0.138 e. The van der Waals surface area contributed by atoms with E-state index in [9.17, 15) is 0 Å². The van der Waals surface area contributed by atoms with Crippen LogP contribution in [0.25, 0.3) is 0 Å². The van der Waals surface area contributed by atoms with Gasteiger partial charge in [-0.3, -0.25) is 10.1 Å². The van der Waals surface area contributed by atoms with Crippen LogP contribution in [0.15, 0.2) is 18.2 Å². The van der Waals surface area contributed by atoms with Gasteiger partial charge < -0.3 is 10.5 Å². The van der Waals surface area contributed by atoms with Crippen LogP contribution in [0, 0.1) is 12.3 Å². The first-order valence-electron chi connectivity index (χ1n) is 5.85. The maximum Gasteiger partial charge on any atom is 0.138 e. The van der Waals surface area contributed by atoms with E-state index in [2.05, 4.69) is 5.10 Å². The highest BCUT2D eigenvalue weighted by Gasteiger charge is 2.13. The second-order valence-corrected chi connectivity index (χ2v) is 5.09. The monoisotopic (exact) mass is 312 g/mol. The first-order valence-corrected chi connectivity index (χ1v) is 6.60. The molecule has 0 aliphatic heterocycles. The van der Waals surface area contributed by atoms with Gasteiger partial charge in [-0.25, -0.2) is 0 Å². The van der Waals surface area contributed by atoms with Crippen molar-refractivity contribution in [2.24, 2.45) is 12.8 Å². The molecule has 0 aliphatic carbocycles. The van der Waals surface area contributed by atoms with Crippen molar-refractivity contribution in [3.63, 3.8) is 0 Å². The zero-order valence-electron chi connectivity index (χ0n) is 11.1. The number of nitrogens with one attached hydrogen (secondary N) is 1. The minimum absolute atomic E-state index is 0.0374. The molecule has 0 radical (unpaired) electrons. The Morgan fingerprint density at radius 1 is 1.45 bits per heavy atom. The van der Waals surface area contributed by atoms with E-state index in [4.69, 9.17) is 39.1 Å². The second-order valence-electron chi connectivity index (χ2n) is 4.33. The van der Waals surface area contributed by atoms with E-state index >= 15 is 0 Å². The molecule has 0 saturated heterocycles. The predicted molar refractivity (Wildman–Crippen MR) is 79.8 cm³/mol. The fraction of sp³-hybridized carbons (Fsp3) is 0.231. The molecular weight excluding hydrogens is 299 g/mol. The average molecular weight is 313 g/mol. The lowest BCUT2D eigenvalue weighted by atomic mass is 10.2.